The number of hydrogen-bond acceptors (Lipinski definition) is 6. The highest BCUT2D eigenvalue weighted by Crippen LogP contribution is 2.37. The molecule has 0 saturated carbocycles. The maximum atomic E-state index is 12.7. The van der Waals surface area contributed by atoms with Gasteiger partial charge in [-0.05, 0) is 19.1 Å². The van der Waals surface area contributed by atoms with E-state index >= 15 is 0 Å². The highest BCUT2D eigenvalue weighted by molar-refractivity contribution is 6.04. The van der Waals surface area contributed by atoms with Crippen LogP contribution in [0.1, 0.15) is 16.2 Å². The smallest absolute Gasteiger partial charge is 0.278 e. The van der Waals surface area contributed by atoms with Crippen LogP contribution in [0.25, 0.3) is 5.69 Å². The molecule has 140 valence electrons. The van der Waals surface area contributed by atoms with Crippen LogP contribution in [0.4, 0.5) is 5.69 Å². The van der Waals surface area contributed by atoms with Crippen molar-refractivity contribution in [3.8, 4) is 22.9 Å². The van der Waals surface area contributed by atoms with Gasteiger partial charge in [0.15, 0.2) is 17.2 Å². The topological polar surface area (TPSA) is 87.5 Å². The van der Waals surface area contributed by atoms with Gasteiger partial charge in [-0.1, -0.05) is 18.2 Å². The van der Waals surface area contributed by atoms with Crippen LogP contribution in [0.5, 0.6) is 17.2 Å². The minimum absolute atomic E-state index is 0.218. The summed E-state index contributed by atoms with van der Waals surface area (Å²) in [4.78, 5) is 14.2. The summed E-state index contributed by atoms with van der Waals surface area (Å²) in [5, 5.41) is 11.4. The molecule has 1 amide bonds. The van der Waals surface area contributed by atoms with Crippen molar-refractivity contribution in [3.05, 3.63) is 53.9 Å². The van der Waals surface area contributed by atoms with E-state index in [1.165, 1.54) is 26.1 Å². The second kappa shape index (κ2) is 7.77. The average molecular weight is 368 g/mol. The summed E-state index contributed by atoms with van der Waals surface area (Å²) in [5.41, 5.74) is 1.93. The highest BCUT2D eigenvalue weighted by Gasteiger charge is 2.20. The minimum atomic E-state index is -0.403. The molecule has 0 aliphatic rings. The monoisotopic (exact) mass is 368 g/mol. The number of hydrogen-bond donors (Lipinski definition) is 1. The molecular weight excluding hydrogens is 348 g/mol. The van der Waals surface area contributed by atoms with E-state index in [1.807, 2.05) is 30.3 Å². The zero-order chi connectivity index (χ0) is 19.4. The summed E-state index contributed by atoms with van der Waals surface area (Å²) in [6.07, 6.45) is 0. The Kier molecular flexibility index (Phi) is 5.25. The largest absolute Gasteiger partial charge is 0.494 e. The predicted octanol–water partition coefficient (Wildman–Crippen LogP) is 2.85. The van der Waals surface area contributed by atoms with Crippen molar-refractivity contribution in [2.75, 3.05) is 26.6 Å². The molecule has 3 aromatic rings. The molecule has 3 rings (SSSR count). The van der Waals surface area contributed by atoms with Crippen LogP contribution in [0.3, 0.4) is 0 Å². The predicted molar refractivity (Wildman–Crippen MR) is 100 cm³/mol. The van der Waals surface area contributed by atoms with E-state index in [0.29, 0.717) is 28.6 Å². The van der Waals surface area contributed by atoms with Crippen molar-refractivity contribution < 1.29 is 19.0 Å². The zero-order valence-corrected chi connectivity index (χ0v) is 15.5. The Morgan fingerprint density at radius 1 is 0.926 bits per heavy atom. The average Bonchev–Trinajstić information content (AvgIpc) is 3.10. The van der Waals surface area contributed by atoms with Gasteiger partial charge in [0.1, 0.15) is 5.75 Å². The van der Waals surface area contributed by atoms with Crippen molar-refractivity contribution >= 4 is 11.6 Å². The first-order chi connectivity index (χ1) is 13.1. The van der Waals surface area contributed by atoms with Crippen LogP contribution < -0.4 is 19.5 Å². The molecule has 0 saturated heterocycles. The van der Waals surface area contributed by atoms with Gasteiger partial charge in [0, 0.05) is 12.1 Å². The first kappa shape index (κ1) is 18.2. The number of ether oxygens (including phenoxy) is 3. The van der Waals surface area contributed by atoms with E-state index in [2.05, 4.69) is 15.5 Å². The van der Waals surface area contributed by atoms with Gasteiger partial charge in [0.2, 0.25) is 0 Å². The molecular formula is C19H20N4O4. The highest BCUT2D eigenvalue weighted by atomic mass is 16.5. The first-order valence-electron chi connectivity index (χ1n) is 8.18. The lowest BCUT2D eigenvalue weighted by Crippen LogP contribution is -2.15. The third-order valence-corrected chi connectivity index (χ3v) is 3.94. The van der Waals surface area contributed by atoms with Crippen molar-refractivity contribution in [1.29, 1.82) is 0 Å². The van der Waals surface area contributed by atoms with E-state index in [1.54, 1.807) is 19.1 Å². The molecule has 2 aromatic carbocycles. The summed E-state index contributed by atoms with van der Waals surface area (Å²) >= 11 is 0. The fourth-order valence-electron chi connectivity index (χ4n) is 2.57. The number of methoxy groups -OCH3 is 3. The summed E-state index contributed by atoms with van der Waals surface area (Å²) in [6, 6.07) is 12.6. The number of benzene rings is 2. The quantitative estimate of drug-likeness (QED) is 0.720. The lowest BCUT2D eigenvalue weighted by atomic mass is 10.2. The van der Waals surface area contributed by atoms with Gasteiger partial charge in [-0.2, -0.15) is 9.90 Å². The Morgan fingerprint density at radius 2 is 1.56 bits per heavy atom. The van der Waals surface area contributed by atoms with Crippen molar-refractivity contribution in [3.63, 3.8) is 0 Å². The van der Waals surface area contributed by atoms with Crippen LogP contribution in [-0.4, -0.2) is 42.2 Å². The van der Waals surface area contributed by atoms with E-state index in [9.17, 15) is 4.79 Å². The van der Waals surface area contributed by atoms with Gasteiger partial charge in [-0.15, -0.1) is 5.10 Å². The number of amides is 1. The number of anilines is 1. The molecule has 0 bridgehead atoms. The molecule has 8 heteroatoms. The second-order valence-electron chi connectivity index (χ2n) is 5.62. The minimum Gasteiger partial charge on any atom is -0.494 e. The van der Waals surface area contributed by atoms with Crippen LogP contribution in [0.15, 0.2) is 42.5 Å². The van der Waals surface area contributed by atoms with E-state index in [-0.39, 0.29) is 5.69 Å². The van der Waals surface area contributed by atoms with Crippen LogP contribution in [-0.2, 0) is 0 Å². The van der Waals surface area contributed by atoms with E-state index in [0.717, 1.165) is 5.69 Å². The maximum Gasteiger partial charge on any atom is 0.278 e. The Morgan fingerprint density at radius 3 is 2.19 bits per heavy atom. The normalized spacial score (nSPS) is 10.4. The standard InChI is InChI=1S/C19H20N4O4/c1-12-18(22-23(21-12)13-8-6-5-7-9-13)19(24)20-14-10-16(26-3)17(27-4)11-15(14)25-2/h5-11H,1-4H3,(H,20,24). The lowest BCUT2D eigenvalue weighted by Gasteiger charge is -2.14. The molecule has 1 heterocycles. The molecule has 27 heavy (non-hydrogen) atoms. The number of nitrogens with one attached hydrogen (secondary N) is 1. The molecule has 1 aromatic heterocycles. The maximum absolute atomic E-state index is 12.7. The van der Waals surface area contributed by atoms with Crippen molar-refractivity contribution in [1.82, 2.24) is 15.0 Å². The molecule has 0 spiro atoms. The number of carbonyl (C=O) groups is 1. The molecule has 0 aliphatic heterocycles. The zero-order valence-electron chi connectivity index (χ0n) is 15.5. The molecule has 8 nitrogen and oxygen atoms in total. The van der Waals surface area contributed by atoms with E-state index in [4.69, 9.17) is 14.2 Å². The molecule has 0 unspecified atom stereocenters. The number of para-hydroxylation sites is 1. The molecule has 0 atom stereocenters. The van der Waals surface area contributed by atoms with Crippen LogP contribution in [0.2, 0.25) is 0 Å². The van der Waals surface area contributed by atoms with E-state index < -0.39 is 5.91 Å². The Hall–Kier alpha value is -3.55. The van der Waals surface area contributed by atoms with Crippen LogP contribution >= 0.6 is 0 Å². The SMILES string of the molecule is COc1cc(OC)c(OC)cc1NC(=O)c1nn(-c2ccccc2)nc1C. The Labute approximate surface area is 156 Å². The van der Waals surface area contributed by atoms with Gasteiger partial charge in [-0.3, -0.25) is 4.79 Å². The lowest BCUT2D eigenvalue weighted by molar-refractivity contribution is 0.102. The molecule has 1 N–H and O–H groups in total. The number of nitrogens with zero attached hydrogens (tertiary/aromatic N) is 3. The summed E-state index contributed by atoms with van der Waals surface area (Å²) < 4.78 is 15.9. The molecule has 0 aliphatic carbocycles. The van der Waals surface area contributed by atoms with Gasteiger partial charge in [-0.25, -0.2) is 0 Å². The van der Waals surface area contributed by atoms with Crippen LogP contribution in [0, 0.1) is 6.92 Å². The Bertz CT molecular complexity index is 954. The van der Waals surface area contributed by atoms with Gasteiger partial charge in [0.25, 0.3) is 5.91 Å². The molecule has 0 fully saturated rings. The first-order valence-corrected chi connectivity index (χ1v) is 8.18. The second-order valence-corrected chi connectivity index (χ2v) is 5.62. The summed E-state index contributed by atoms with van der Waals surface area (Å²) in [7, 11) is 4.56. The van der Waals surface area contributed by atoms with Gasteiger partial charge < -0.3 is 19.5 Å². The van der Waals surface area contributed by atoms with Crippen molar-refractivity contribution in [2.45, 2.75) is 6.92 Å². The fraction of sp³-hybridized carbons (Fsp3) is 0.211. The third-order valence-electron chi connectivity index (χ3n) is 3.94. The van der Waals surface area contributed by atoms with Gasteiger partial charge >= 0.3 is 0 Å². The number of rotatable bonds is 6. The van der Waals surface area contributed by atoms with Crippen molar-refractivity contribution in [2.24, 2.45) is 0 Å². The van der Waals surface area contributed by atoms with Gasteiger partial charge in [0.05, 0.1) is 38.4 Å². The fourth-order valence-corrected chi connectivity index (χ4v) is 2.57. The third kappa shape index (κ3) is 3.69. The number of aryl methyl sites for hydroxylation is 1. The molecule has 0 radical (unpaired) electrons. The Balaban J connectivity index is 1.91. The summed E-state index contributed by atoms with van der Waals surface area (Å²) in [6.45, 7) is 1.73. The number of carbonyl (C=O) groups excluding carboxylic acids is 1. The summed E-state index contributed by atoms with van der Waals surface area (Å²) in [5.74, 6) is 1.01. The number of aromatic nitrogens is 3.